The lowest BCUT2D eigenvalue weighted by atomic mass is 9.98. The first kappa shape index (κ1) is 13.0. The molecule has 0 aliphatic carbocycles. The standard InChI is InChI=1S/C10H6F4N2O/c11-8-3-5(10(12,13)14)1-2-6(8)7(4-15)9(16)17/h1-3,7H,(H2,16,17). The molecule has 2 N–H and O–H groups in total. The fraction of sp³-hybridized carbons (Fsp3) is 0.200. The van der Waals surface area contributed by atoms with Crippen molar-refractivity contribution in [2.45, 2.75) is 12.1 Å². The Morgan fingerprint density at radius 1 is 1.41 bits per heavy atom. The molecule has 0 saturated heterocycles. The molecule has 0 fully saturated rings. The second kappa shape index (κ2) is 4.41. The van der Waals surface area contributed by atoms with Gasteiger partial charge in [0.05, 0.1) is 11.6 Å². The summed E-state index contributed by atoms with van der Waals surface area (Å²) in [6.07, 6.45) is -4.69. The van der Waals surface area contributed by atoms with Crippen molar-refractivity contribution in [2.75, 3.05) is 0 Å². The predicted molar refractivity (Wildman–Crippen MR) is 49.0 cm³/mol. The molecule has 0 aliphatic heterocycles. The highest BCUT2D eigenvalue weighted by Crippen LogP contribution is 2.31. The van der Waals surface area contributed by atoms with E-state index in [-0.39, 0.29) is 6.07 Å². The Kier molecular flexibility index (Phi) is 3.36. The molecule has 1 unspecified atom stereocenters. The van der Waals surface area contributed by atoms with Gasteiger partial charge in [0.15, 0.2) is 5.92 Å². The molecule has 0 aliphatic rings. The molecule has 0 heterocycles. The first-order valence-electron chi connectivity index (χ1n) is 4.33. The summed E-state index contributed by atoms with van der Waals surface area (Å²) >= 11 is 0. The first-order valence-corrected chi connectivity index (χ1v) is 4.33. The van der Waals surface area contributed by atoms with Crippen LogP contribution < -0.4 is 5.73 Å². The van der Waals surface area contributed by atoms with Crippen molar-refractivity contribution in [1.82, 2.24) is 0 Å². The van der Waals surface area contributed by atoms with Gasteiger partial charge in [-0.3, -0.25) is 4.79 Å². The number of nitriles is 1. The fourth-order valence-electron chi connectivity index (χ4n) is 1.22. The second-order valence-corrected chi connectivity index (χ2v) is 3.20. The van der Waals surface area contributed by atoms with Crippen molar-refractivity contribution < 1.29 is 22.4 Å². The number of primary amides is 1. The molecule has 17 heavy (non-hydrogen) atoms. The Hall–Kier alpha value is -2.10. The number of halogens is 4. The van der Waals surface area contributed by atoms with Gasteiger partial charge in [-0.25, -0.2) is 4.39 Å². The van der Waals surface area contributed by atoms with Crippen LogP contribution in [0.25, 0.3) is 0 Å². The van der Waals surface area contributed by atoms with Gasteiger partial charge in [-0.2, -0.15) is 18.4 Å². The largest absolute Gasteiger partial charge is 0.416 e. The lowest BCUT2D eigenvalue weighted by Gasteiger charge is -2.10. The average molecular weight is 246 g/mol. The van der Waals surface area contributed by atoms with Crippen LogP contribution in [0.1, 0.15) is 17.0 Å². The highest BCUT2D eigenvalue weighted by Gasteiger charge is 2.32. The molecule has 0 bridgehead atoms. The topological polar surface area (TPSA) is 66.9 Å². The fourth-order valence-corrected chi connectivity index (χ4v) is 1.22. The van der Waals surface area contributed by atoms with E-state index in [2.05, 4.69) is 0 Å². The maximum Gasteiger partial charge on any atom is 0.416 e. The molecule has 1 amide bonds. The zero-order valence-corrected chi connectivity index (χ0v) is 8.25. The Morgan fingerprint density at radius 3 is 2.35 bits per heavy atom. The Balaban J connectivity index is 3.24. The lowest BCUT2D eigenvalue weighted by Crippen LogP contribution is -2.21. The summed E-state index contributed by atoms with van der Waals surface area (Å²) < 4.78 is 50.0. The highest BCUT2D eigenvalue weighted by atomic mass is 19.4. The molecule has 90 valence electrons. The van der Waals surface area contributed by atoms with E-state index in [0.717, 1.165) is 6.07 Å². The minimum absolute atomic E-state index is 0.225. The molecule has 3 nitrogen and oxygen atoms in total. The predicted octanol–water partition coefficient (Wildman–Crippen LogP) is 1.94. The normalized spacial score (nSPS) is 12.9. The minimum atomic E-state index is -4.69. The van der Waals surface area contributed by atoms with Crippen molar-refractivity contribution in [2.24, 2.45) is 5.73 Å². The number of carbonyl (C=O) groups excluding carboxylic acids is 1. The number of hydrogen-bond acceptors (Lipinski definition) is 2. The van der Waals surface area contributed by atoms with E-state index in [1.165, 1.54) is 6.07 Å². The Labute approximate surface area is 93.4 Å². The first-order chi connectivity index (χ1) is 7.77. The molecule has 0 radical (unpaired) electrons. The third-order valence-corrected chi connectivity index (χ3v) is 2.05. The van der Waals surface area contributed by atoms with Crippen LogP contribution in [-0.2, 0) is 11.0 Å². The monoisotopic (exact) mass is 246 g/mol. The number of hydrogen-bond donors (Lipinski definition) is 1. The van der Waals surface area contributed by atoms with Crippen molar-refractivity contribution in [3.8, 4) is 6.07 Å². The second-order valence-electron chi connectivity index (χ2n) is 3.20. The number of amides is 1. The summed E-state index contributed by atoms with van der Waals surface area (Å²) in [5.74, 6) is -4.01. The van der Waals surface area contributed by atoms with Gasteiger partial charge >= 0.3 is 6.18 Å². The van der Waals surface area contributed by atoms with Gasteiger partial charge < -0.3 is 5.73 Å². The SMILES string of the molecule is N#CC(C(N)=O)c1ccc(C(F)(F)F)cc1F. The third kappa shape index (κ3) is 2.72. The summed E-state index contributed by atoms with van der Waals surface area (Å²) in [6, 6.07) is 2.97. The van der Waals surface area contributed by atoms with Gasteiger partial charge in [-0.05, 0) is 12.1 Å². The van der Waals surface area contributed by atoms with Gasteiger partial charge in [0.25, 0.3) is 0 Å². The molecule has 0 saturated carbocycles. The molecule has 1 rings (SSSR count). The maximum atomic E-state index is 13.3. The van der Waals surface area contributed by atoms with E-state index < -0.39 is 34.9 Å². The van der Waals surface area contributed by atoms with Crippen LogP contribution in [0.2, 0.25) is 0 Å². The van der Waals surface area contributed by atoms with E-state index in [1.807, 2.05) is 0 Å². The lowest BCUT2D eigenvalue weighted by molar-refractivity contribution is -0.137. The van der Waals surface area contributed by atoms with E-state index in [1.54, 1.807) is 0 Å². The highest BCUT2D eigenvalue weighted by molar-refractivity contribution is 5.84. The maximum absolute atomic E-state index is 13.3. The van der Waals surface area contributed by atoms with Crippen LogP contribution in [-0.4, -0.2) is 5.91 Å². The van der Waals surface area contributed by atoms with Crippen molar-refractivity contribution in [1.29, 1.82) is 5.26 Å². The summed E-state index contributed by atoms with van der Waals surface area (Å²) in [5, 5.41) is 8.56. The smallest absolute Gasteiger partial charge is 0.368 e. The van der Waals surface area contributed by atoms with Crippen molar-refractivity contribution in [3.63, 3.8) is 0 Å². The molecule has 1 aromatic carbocycles. The van der Waals surface area contributed by atoms with E-state index in [4.69, 9.17) is 11.0 Å². The Morgan fingerprint density at radius 2 is 2.00 bits per heavy atom. The average Bonchev–Trinajstić information content (AvgIpc) is 2.19. The molecular weight excluding hydrogens is 240 g/mol. The number of carbonyl (C=O) groups is 1. The van der Waals surface area contributed by atoms with Gasteiger partial charge in [0.1, 0.15) is 5.82 Å². The zero-order valence-electron chi connectivity index (χ0n) is 8.25. The van der Waals surface area contributed by atoms with Gasteiger partial charge in [0, 0.05) is 5.56 Å². The number of rotatable bonds is 2. The molecule has 0 aromatic heterocycles. The summed E-state index contributed by atoms with van der Waals surface area (Å²) in [7, 11) is 0. The number of nitrogens with zero attached hydrogens (tertiary/aromatic N) is 1. The van der Waals surface area contributed by atoms with Crippen molar-refractivity contribution >= 4 is 5.91 Å². The molecular formula is C10H6F4N2O. The van der Waals surface area contributed by atoms with Crippen LogP contribution in [0, 0.1) is 17.1 Å². The number of benzene rings is 1. The molecule has 0 spiro atoms. The summed E-state index contributed by atoms with van der Waals surface area (Å²) in [5.41, 5.74) is 3.16. The van der Waals surface area contributed by atoms with Gasteiger partial charge in [0.2, 0.25) is 5.91 Å². The zero-order chi connectivity index (χ0) is 13.2. The van der Waals surface area contributed by atoms with Crippen LogP contribution in [0.3, 0.4) is 0 Å². The quantitative estimate of drug-likeness (QED) is 0.810. The minimum Gasteiger partial charge on any atom is -0.368 e. The molecule has 1 aromatic rings. The Bertz CT molecular complexity index is 490. The number of alkyl halides is 3. The summed E-state index contributed by atoms with van der Waals surface area (Å²) in [4.78, 5) is 10.8. The van der Waals surface area contributed by atoms with E-state index in [0.29, 0.717) is 6.07 Å². The van der Waals surface area contributed by atoms with Crippen LogP contribution in [0.4, 0.5) is 17.6 Å². The van der Waals surface area contributed by atoms with Crippen molar-refractivity contribution in [3.05, 3.63) is 35.1 Å². The van der Waals surface area contributed by atoms with Gasteiger partial charge in [-0.15, -0.1) is 0 Å². The molecule has 7 heteroatoms. The third-order valence-electron chi connectivity index (χ3n) is 2.05. The van der Waals surface area contributed by atoms with Crippen LogP contribution in [0.15, 0.2) is 18.2 Å². The van der Waals surface area contributed by atoms with E-state index >= 15 is 0 Å². The van der Waals surface area contributed by atoms with E-state index in [9.17, 15) is 22.4 Å². The molecule has 1 atom stereocenters. The summed E-state index contributed by atoms with van der Waals surface area (Å²) in [6.45, 7) is 0. The van der Waals surface area contributed by atoms with Crippen LogP contribution >= 0.6 is 0 Å². The van der Waals surface area contributed by atoms with Crippen LogP contribution in [0.5, 0.6) is 0 Å². The number of nitrogens with two attached hydrogens (primary N) is 1. The van der Waals surface area contributed by atoms with Gasteiger partial charge in [-0.1, -0.05) is 6.07 Å².